The number of nitrogens with zero attached hydrogens (tertiary/aromatic N) is 2. The Morgan fingerprint density at radius 2 is 1.91 bits per heavy atom. The standard InChI is InChI=1S/C25H38N4O5/c1-15(2)14-34-23-20(13-26-29(23)10-9-25(4,5)28-16(3)30)22(31)27-21-17-7-6-8-18(21)12-19(11-17)24(32)33/h9-10,13,15,17-19,21H,6-8,11-12,14H2,1-5H3,(H,27,31)(H,28,30)(H,32,33)/b10-9+. The molecule has 0 aromatic carbocycles. The topological polar surface area (TPSA) is 123 Å². The van der Waals surface area contributed by atoms with Crippen LogP contribution in [-0.2, 0) is 9.59 Å². The lowest BCUT2D eigenvalue weighted by Gasteiger charge is -2.45. The second-order valence-electron chi connectivity index (χ2n) is 10.7. The van der Waals surface area contributed by atoms with Gasteiger partial charge in [-0.1, -0.05) is 20.3 Å². The third-order valence-electron chi connectivity index (χ3n) is 6.67. The SMILES string of the molecule is CC(=O)NC(C)(C)/C=C/n1ncc(C(=O)NC2C3CCCC2CC(C(=O)O)C3)c1OCC(C)C. The highest BCUT2D eigenvalue weighted by molar-refractivity contribution is 5.96. The summed E-state index contributed by atoms with van der Waals surface area (Å²) in [6, 6.07) is -0.0348. The van der Waals surface area contributed by atoms with Crippen molar-refractivity contribution in [1.29, 1.82) is 0 Å². The number of aliphatic carboxylic acids is 1. The highest BCUT2D eigenvalue weighted by atomic mass is 16.5. The van der Waals surface area contributed by atoms with Gasteiger partial charge < -0.3 is 20.5 Å². The van der Waals surface area contributed by atoms with Crippen molar-refractivity contribution < 1.29 is 24.2 Å². The first-order valence-electron chi connectivity index (χ1n) is 12.2. The van der Waals surface area contributed by atoms with E-state index in [2.05, 4.69) is 15.7 Å². The Bertz CT molecular complexity index is 922. The van der Waals surface area contributed by atoms with E-state index < -0.39 is 11.5 Å². The van der Waals surface area contributed by atoms with Crippen LogP contribution in [0, 0.1) is 23.7 Å². The maximum Gasteiger partial charge on any atom is 0.306 e. The number of hydrogen-bond donors (Lipinski definition) is 3. The molecule has 3 rings (SSSR count). The normalized spacial score (nSPS) is 24.8. The average Bonchev–Trinajstić information content (AvgIpc) is 3.12. The molecule has 2 atom stereocenters. The molecular weight excluding hydrogens is 436 g/mol. The third-order valence-corrected chi connectivity index (χ3v) is 6.67. The van der Waals surface area contributed by atoms with Crippen LogP contribution in [0.4, 0.5) is 0 Å². The van der Waals surface area contributed by atoms with Crippen molar-refractivity contribution in [1.82, 2.24) is 20.4 Å². The Labute approximate surface area is 201 Å². The molecule has 1 aromatic rings. The Hall–Kier alpha value is -2.84. The van der Waals surface area contributed by atoms with E-state index in [0.717, 1.165) is 19.3 Å². The van der Waals surface area contributed by atoms with Crippen molar-refractivity contribution in [2.45, 2.75) is 78.3 Å². The second-order valence-corrected chi connectivity index (χ2v) is 10.7. The summed E-state index contributed by atoms with van der Waals surface area (Å²) in [5.74, 6) is -0.508. The molecule has 34 heavy (non-hydrogen) atoms. The van der Waals surface area contributed by atoms with Crippen molar-refractivity contribution >= 4 is 24.0 Å². The van der Waals surface area contributed by atoms with Crippen molar-refractivity contribution in [2.24, 2.45) is 23.7 Å². The minimum absolute atomic E-state index is 0.0348. The van der Waals surface area contributed by atoms with Gasteiger partial charge in [0.05, 0.1) is 24.3 Å². The number of rotatable bonds is 9. The molecule has 2 aliphatic carbocycles. The summed E-state index contributed by atoms with van der Waals surface area (Å²) < 4.78 is 7.51. The molecule has 3 N–H and O–H groups in total. The number of carboxylic acid groups (broad SMARTS) is 1. The Balaban J connectivity index is 1.80. The first-order chi connectivity index (χ1) is 16.0. The lowest BCUT2D eigenvalue weighted by Crippen LogP contribution is -2.52. The zero-order valence-electron chi connectivity index (χ0n) is 20.8. The molecule has 2 aliphatic rings. The number of aromatic nitrogens is 2. The predicted molar refractivity (Wildman–Crippen MR) is 128 cm³/mol. The van der Waals surface area contributed by atoms with Gasteiger partial charge in [0.15, 0.2) is 0 Å². The fraction of sp³-hybridized carbons (Fsp3) is 0.680. The molecule has 188 valence electrons. The van der Waals surface area contributed by atoms with Gasteiger partial charge in [-0.25, -0.2) is 4.68 Å². The second kappa shape index (κ2) is 10.6. The molecule has 2 bridgehead atoms. The minimum Gasteiger partial charge on any atom is -0.481 e. The molecule has 2 unspecified atom stereocenters. The molecule has 0 saturated heterocycles. The van der Waals surface area contributed by atoms with Crippen molar-refractivity contribution in [3.05, 3.63) is 17.8 Å². The van der Waals surface area contributed by atoms with Crippen molar-refractivity contribution in [2.75, 3.05) is 6.61 Å². The van der Waals surface area contributed by atoms with Gasteiger partial charge in [0.1, 0.15) is 5.56 Å². The molecule has 2 saturated carbocycles. The highest BCUT2D eigenvalue weighted by Gasteiger charge is 2.43. The summed E-state index contributed by atoms with van der Waals surface area (Å²) in [6.45, 7) is 9.66. The van der Waals surface area contributed by atoms with E-state index in [4.69, 9.17) is 4.74 Å². The van der Waals surface area contributed by atoms with Crippen LogP contribution in [0.1, 0.15) is 77.1 Å². The van der Waals surface area contributed by atoms with Gasteiger partial charge >= 0.3 is 5.97 Å². The van der Waals surface area contributed by atoms with E-state index in [0.29, 0.717) is 30.9 Å². The zero-order valence-corrected chi connectivity index (χ0v) is 20.8. The third kappa shape index (κ3) is 6.39. The van der Waals surface area contributed by atoms with Gasteiger partial charge in [-0.2, -0.15) is 5.10 Å². The van der Waals surface area contributed by atoms with E-state index in [-0.39, 0.29) is 41.5 Å². The molecule has 2 fully saturated rings. The molecular formula is C25H38N4O5. The smallest absolute Gasteiger partial charge is 0.306 e. The Morgan fingerprint density at radius 1 is 1.26 bits per heavy atom. The number of carbonyl (C=O) groups is 3. The molecule has 1 heterocycles. The first-order valence-corrected chi connectivity index (χ1v) is 12.2. The number of carbonyl (C=O) groups excluding carboxylic acids is 2. The highest BCUT2D eigenvalue weighted by Crippen LogP contribution is 2.43. The Kier molecular flexibility index (Phi) is 8.05. The van der Waals surface area contributed by atoms with Crippen LogP contribution in [-0.4, -0.2) is 50.9 Å². The van der Waals surface area contributed by atoms with Crippen molar-refractivity contribution in [3.63, 3.8) is 0 Å². The van der Waals surface area contributed by atoms with Crippen LogP contribution in [0.5, 0.6) is 5.88 Å². The number of fused-ring (bicyclic) bond motifs is 2. The summed E-state index contributed by atoms with van der Waals surface area (Å²) in [5.41, 5.74) is -0.253. The molecule has 1 aromatic heterocycles. The summed E-state index contributed by atoms with van der Waals surface area (Å²) in [6.07, 6.45) is 9.13. The molecule has 9 heteroatoms. The average molecular weight is 475 g/mol. The Morgan fingerprint density at radius 3 is 2.47 bits per heavy atom. The van der Waals surface area contributed by atoms with Gasteiger partial charge in [0.2, 0.25) is 11.8 Å². The quantitative estimate of drug-likeness (QED) is 0.505. The molecule has 0 aliphatic heterocycles. The van der Waals surface area contributed by atoms with Crippen LogP contribution >= 0.6 is 0 Å². The van der Waals surface area contributed by atoms with E-state index in [9.17, 15) is 19.5 Å². The zero-order chi connectivity index (χ0) is 25.0. The first kappa shape index (κ1) is 25.8. The van der Waals surface area contributed by atoms with E-state index >= 15 is 0 Å². The van der Waals surface area contributed by atoms with E-state index in [1.54, 1.807) is 12.3 Å². The largest absolute Gasteiger partial charge is 0.481 e. The van der Waals surface area contributed by atoms with Crippen molar-refractivity contribution in [3.8, 4) is 5.88 Å². The number of carboxylic acids is 1. The van der Waals surface area contributed by atoms with Crippen LogP contribution < -0.4 is 15.4 Å². The number of nitrogens with one attached hydrogen (secondary N) is 2. The maximum absolute atomic E-state index is 13.3. The van der Waals surface area contributed by atoms with E-state index in [1.165, 1.54) is 17.8 Å². The minimum atomic E-state index is -0.735. The van der Waals surface area contributed by atoms with Gasteiger partial charge in [0.25, 0.3) is 5.91 Å². The molecule has 9 nitrogen and oxygen atoms in total. The number of ether oxygens (including phenoxy) is 1. The van der Waals surface area contributed by atoms with Crippen LogP contribution in [0.3, 0.4) is 0 Å². The van der Waals surface area contributed by atoms with Crippen LogP contribution in [0.2, 0.25) is 0 Å². The number of hydrogen-bond acceptors (Lipinski definition) is 5. The summed E-state index contributed by atoms with van der Waals surface area (Å²) in [4.78, 5) is 36.4. The lowest BCUT2D eigenvalue weighted by molar-refractivity contribution is -0.145. The van der Waals surface area contributed by atoms with Gasteiger partial charge in [-0.15, -0.1) is 0 Å². The van der Waals surface area contributed by atoms with Crippen LogP contribution in [0.15, 0.2) is 12.3 Å². The summed E-state index contributed by atoms with van der Waals surface area (Å²) in [5, 5.41) is 19.9. The van der Waals surface area contributed by atoms with Gasteiger partial charge in [0, 0.05) is 19.2 Å². The molecule has 2 amide bonds. The summed E-state index contributed by atoms with van der Waals surface area (Å²) in [7, 11) is 0. The monoisotopic (exact) mass is 474 g/mol. The van der Waals surface area contributed by atoms with Gasteiger partial charge in [-0.3, -0.25) is 14.4 Å². The lowest BCUT2D eigenvalue weighted by atomic mass is 9.64. The molecule has 0 radical (unpaired) electrons. The van der Waals surface area contributed by atoms with E-state index in [1.807, 2.05) is 27.7 Å². The number of amides is 2. The fourth-order valence-electron chi connectivity index (χ4n) is 5.16. The van der Waals surface area contributed by atoms with Crippen LogP contribution in [0.25, 0.3) is 6.20 Å². The summed E-state index contributed by atoms with van der Waals surface area (Å²) >= 11 is 0. The van der Waals surface area contributed by atoms with Gasteiger partial charge in [-0.05, 0) is 63.4 Å². The molecule has 0 spiro atoms. The fourth-order valence-corrected chi connectivity index (χ4v) is 5.16. The predicted octanol–water partition coefficient (Wildman–Crippen LogP) is 3.31. The maximum atomic E-state index is 13.3.